The monoisotopic (exact) mass is 260 g/mol. The summed E-state index contributed by atoms with van der Waals surface area (Å²) < 4.78 is 5.39. The first-order chi connectivity index (χ1) is 6.56. The first kappa shape index (κ1) is 10.8. The highest BCUT2D eigenvalue weighted by Crippen LogP contribution is 2.36. The van der Waals surface area contributed by atoms with Crippen molar-refractivity contribution in [3.63, 3.8) is 0 Å². The van der Waals surface area contributed by atoms with E-state index in [1.807, 2.05) is 0 Å². The number of halogens is 1. The Balaban J connectivity index is 3.17. The van der Waals surface area contributed by atoms with Gasteiger partial charge in [-0.1, -0.05) is 6.07 Å². The molecule has 0 heterocycles. The van der Waals surface area contributed by atoms with Gasteiger partial charge in [-0.05, 0) is 22.0 Å². The maximum absolute atomic E-state index is 10.5. The number of rotatable bonds is 3. The Kier molecular flexibility index (Phi) is 3.35. The third kappa shape index (κ3) is 2.17. The van der Waals surface area contributed by atoms with E-state index in [0.717, 1.165) is 0 Å². The van der Waals surface area contributed by atoms with Gasteiger partial charge in [-0.2, -0.15) is 0 Å². The van der Waals surface area contributed by atoms with Gasteiger partial charge in [0.05, 0.1) is 18.0 Å². The fraction of sp³-hybridized carbons (Fsp3) is 0.222. The number of phenols is 1. The van der Waals surface area contributed by atoms with E-state index >= 15 is 0 Å². The van der Waals surface area contributed by atoms with E-state index in [1.54, 1.807) is 12.1 Å². The molecule has 0 aliphatic carbocycles. The Morgan fingerprint density at radius 2 is 2.21 bits per heavy atom. The summed E-state index contributed by atoms with van der Waals surface area (Å²) in [5, 5.41) is 18.1. The van der Waals surface area contributed by atoms with E-state index < -0.39 is 5.97 Å². The molecule has 2 N–H and O–H groups in total. The van der Waals surface area contributed by atoms with Crippen LogP contribution in [0.25, 0.3) is 0 Å². The van der Waals surface area contributed by atoms with Gasteiger partial charge in [0.25, 0.3) is 0 Å². The topological polar surface area (TPSA) is 66.8 Å². The highest BCUT2D eigenvalue weighted by molar-refractivity contribution is 9.10. The molecule has 1 aromatic carbocycles. The van der Waals surface area contributed by atoms with E-state index in [-0.39, 0.29) is 17.9 Å². The largest absolute Gasteiger partial charge is 0.503 e. The van der Waals surface area contributed by atoms with Gasteiger partial charge in [-0.25, -0.2) is 0 Å². The van der Waals surface area contributed by atoms with Crippen molar-refractivity contribution in [1.82, 2.24) is 0 Å². The van der Waals surface area contributed by atoms with Crippen LogP contribution in [0.5, 0.6) is 11.5 Å². The molecule has 0 spiro atoms. The van der Waals surface area contributed by atoms with Crippen LogP contribution in [0.4, 0.5) is 0 Å². The Labute approximate surface area is 89.3 Å². The summed E-state index contributed by atoms with van der Waals surface area (Å²) in [6.07, 6.45) is -0.177. The Bertz CT molecular complexity index is 362. The molecule has 0 saturated heterocycles. The summed E-state index contributed by atoms with van der Waals surface area (Å²) in [6, 6.07) is 3.17. The molecular formula is C9H9BrO4. The Hall–Kier alpha value is -1.23. The molecule has 0 fully saturated rings. The van der Waals surface area contributed by atoms with Gasteiger partial charge in [0.1, 0.15) is 0 Å². The average Bonchev–Trinajstić information content (AvgIpc) is 2.11. The standard InChI is InChI=1S/C9H9BrO4/c1-14-9-5(4-7(11)12)2-3-6(10)8(9)13/h2-3,13H,4H2,1H3,(H,11,12). The van der Waals surface area contributed by atoms with Gasteiger partial charge < -0.3 is 14.9 Å². The predicted molar refractivity (Wildman–Crippen MR) is 53.7 cm³/mol. The molecular weight excluding hydrogens is 252 g/mol. The van der Waals surface area contributed by atoms with E-state index in [2.05, 4.69) is 15.9 Å². The molecule has 0 atom stereocenters. The molecule has 0 aliphatic heterocycles. The summed E-state index contributed by atoms with van der Waals surface area (Å²) in [7, 11) is 1.38. The molecule has 76 valence electrons. The Morgan fingerprint density at radius 3 is 2.71 bits per heavy atom. The SMILES string of the molecule is COc1c(CC(=O)O)ccc(Br)c1O. The molecule has 0 radical (unpaired) electrons. The first-order valence-electron chi connectivity index (χ1n) is 3.82. The smallest absolute Gasteiger partial charge is 0.307 e. The summed E-state index contributed by atoms with van der Waals surface area (Å²) in [6.45, 7) is 0. The van der Waals surface area contributed by atoms with Crippen molar-refractivity contribution in [3.05, 3.63) is 22.2 Å². The van der Waals surface area contributed by atoms with Crippen LogP contribution in [0.1, 0.15) is 5.56 Å². The van der Waals surface area contributed by atoms with Gasteiger partial charge in [0, 0.05) is 5.56 Å². The minimum Gasteiger partial charge on any atom is -0.503 e. The van der Waals surface area contributed by atoms with Crippen LogP contribution >= 0.6 is 15.9 Å². The number of carbonyl (C=O) groups is 1. The van der Waals surface area contributed by atoms with Gasteiger partial charge in [0.15, 0.2) is 11.5 Å². The van der Waals surface area contributed by atoms with Crippen molar-refractivity contribution in [3.8, 4) is 11.5 Å². The molecule has 0 amide bonds. The molecule has 4 nitrogen and oxygen atoms in total. The zero-order chi connectivity index (χ0) is 10.7. The molecule has 0 unspecified atom stereocenters. The second-order valence-corrected chi connectivity index (χ2v) is 3.51. The zero-order valence-corrected chi connectivity index (χ0v) is 9.04. The minimum absolute atomic E-state index is 0.0775. The minimum atomic E-state index is -0.968. The van der Waals surface area contributed by atoms with E-state index in [0.29, 0.717) is 10.0 Å². The van der Waals surface area contributed by atoms with E-state index in [1.165, 1.54) is 7.11 Å². The lowest BCUT2D eigenvalue weighted by Gasteiger charge is -2.09. The summed E-state index contributed by atoms with van der Waals surface area (Å²) >= 11 is 3.11. The van der Waals surface area contributed by atoms with Crippen LogP contribution in [-0.4, -0.2) is 23.3 Å². The van der Waals surface area contributed by atoms with Gasteiger partial charge in [-0.3, -0.25) is 4.79 Å². The quantitative estimate of drug-likeness (QED) is 0.870. The van der Waals surface area contributed by atoms with Crippen molar-refractivity contribution in [2.75, 3.05) is 7.11 Å². The number of aromatic hydroxyl groups is 1. The van der Waals surface area contributed by atoms with Crippen LogP contribution in [0, 0.1) is 0 Å². The number of ether oxygens (including phenoxy) is 1. The van der Waals surface area contributed by atoms with Gasteiger partial charge in [-0.15, -0.1) is 0 Å². The number of methoxy groups -OCH3 is 1. The molecule has 14 heavy (non-hydrogen) atoms. The number of benzene rings is 1. The van der Waals surface area contributed by atoms with E-state index in [9.17, 15) is 9.90 Å². The van der Waals surface area contributed by atoms with Gasteiger partial charge in [0.2, 0.25) is 0 Å². The van der Waals surface area contributed by atoms with Crippen LogP contribution < -0.4 is 4.74 Å². The second kappa shape index (κ2) is 4.32. The van der Waals surface area contributed by atoms with Crippen molar-refractivity contribution in [2.45, 2.75) is 6.42 Å². The zero-order valence-electron chi connectivity index (χ0n) is 7.45. The fourth-order valence-corrected chi connectivity index (χ4v) is 1.43. The number of carboxylic acids is 1. The maximum Gasteiger partial charge on any atom is 0.307 e. The number of hydrogen-bond donors (Lipinski definition) is 2. The lowest BCUT2D eigenvalue weighted by Crippen LogP contribution is -2.02. The van der Waals surface area contributed by atoms with Crippen LogP contribution in [-0.2, 0) is 11.2 Å². The van der Waals surface area contributed by atoms with E-state index in [4.69, 9.17) is 9.84 Å². The third-order valence-corrected chi connectivity index (χ3v) is 2.35. The first-order valence-corrected chi connectivity index (χ1v) is 4.61. The number of aliphatic carboxylic acids is 1. The van der Waals surface area contributed by atoms with Crippen LogP contribution in [0.2, 0.25) is 0 Å². The molecule has 0 saturated carbocycles. The van der Waals surface area contributed by atoms with Crippen molar-refractivity contribution >= 4 is 21.9 Å². The highest BCUT2D eigenvalue weighted by atomic mass is 79.9. The van der Waals surface area contributed by atoms with Crippen LogP contribution in [0.15, 0.2) is 16.6 Å². The van der Waals surface area contributed by atoms with Crippen molar-refractivity contribution < 1.29 is 19.7 Å². The van der Waals surface area contributed by atoms with Crippen LogP contribution in [0.3, 0.4) is 0 Å². The lowest BCUT2D eigenvalue weighted by molar-refractivity contribution is -0.136. The lowest BCUT2D eigenvalue weighted by atomic mass is 10.1. The van der Waals surface area contributed by atoms with Crippen molar-refractivity contribution in [2.24, 2.45) is 0 Å². The molecule has 0 aliphatic rings. The van der Waals surface area contributed by atoms with Gasteiger partial charge >= 0.3 is 5.97 Å². The summed E-state index contributed by atoms with van der Waals surface area (Å²) in [4.78, 5) is 10.5. The molecule has 1 aromatic rings. The van der Waals surface area contributed by atoms with Crippen molar-refractivity contribution in [1.29, 1.82) is 0 Å². The number of carboxylic acid groups (broad SMARTS) is 1. The fourth-order valence-electron chi connectivity index (χ4n) is 1.12. The molecule has 0 bridgehead atoms. The third-order valence-electron chi connectivity index (χ3n) is 1.71. The average molecular weight is 261 g/mol. The maximum atomic E-state index is 10.5. The molecule has 1 rings (SSSR count). The number of phenolic OH excluding ortho intramolecular Hbond substituents is 1. The normalized spacial score (nSPS) is 9.86. The molecule has 5 heteroatoms. The predicted octanol–water partition coefficient (Wildman–Crippen LogP) is 1.79. The Morgan fingerprint density at radius 1 is 1.57 bits per heavy atom. The summed E-state index contributed by atoms with van der Waals surface area (Å²) in [5.41, 5.74) is 0.445. The number of hydrogen-bond acceptors (Lipinski definition) is 3. The highest BCUT2D eigenvalue weighted by Gasteiger charge is 2.13. The summed E-state index contributed by atoms with van der Waals surface area (Å²) in [5.74, 6) is -0.849. The second-order valence-electron chi connectivity index (χ2n) is 2.66. The molecule has 0 aromatic heterocycles.